The van der Waals surface area contributed by atoms with E-state index in [0.717, 1.165) is 10.6 Å². The Labute approximate surface area is 141 Å². The average molecular weight is 359 g/mol. The molecule has 1 rings (SSSR count). The third-order valence-corrected chi connectivity index (χ3v) is 4.87. The van der Waals surface area contributed by atoms with E-state index in [9.17, 15) is 22.4 Å². The highest BCUT2D eigenvalue weighted by Gasteiger charge is 2.27. The molecule has 134 valence electrons. The van der Waals surface area contributed by atoms with Crippen molar-refractivity contribution in [2.75, 3.05) is 26.9 Å². The number of hydrogen-bond donors (Lipinski definition) is 1. The third-order valence-electron chi connectivity index (χ3n) is 3.60. The smallest absolute Gasteiger partial charge is 0.242 e. The second-order valence-electron chi connectivity index (χ2n) is 5.46. The predicted octanol–water partition coefficient (Wildman–Crippen LogP) is 0.180. The summed E-state index contributed by atoms with van der Waals surface area (Å²) in [5.41, 5.74) is 0.627. The first kappa shape index (κ1) is 20.0. The molecular formula is C15H22FN3O4S. The Kier molecular flexibility index (Phi) is 6.85. The number of nitrogens with zero attached hydrogens (tertiary/aromatic N) is 2. The molecule has 1 aromatic carbocycles. The van der Waals surface area contributed by atoms with Gasteiger partial charge in [0.15, 0.2) is 0 Å². The normalized spacial score (nSPS) is 12.8. The van der Waals surface area contributed by atoms with Crippen LogP contribution in [0.15, 0.2) is 24.3 Å². The fourth-order valence-electron chi connectivity index (χ4n) is 1.98. The van der Waals surface area contributed by atoms with Gasteiger partial charge in [0.25, 0.3) is 0 Å². The summed E-state index contributed by atoms with van der Waals surface area (Å²) in [4.78, 5) is 25.6. The predicted molar refractivity (Wildman–Crippen MR) is 88.0 cm³/mol. The minimum atomic E-state index is -3.53. The Balaban J connectivity index is 3.02. The van der Waals surface area contributed by atoms with Gasteiger partial charge in [-0.3, -0.25) is 9.59 Å². The summed E-state index contributed by atoms with van der Waals surface area (Å²) in [5, 5.41) is 2.45. The van der Waals surface area contributed by atoms with E-state index in [4.69, 9.17) is 0 Å². The van der Waals surface area contributed by atoms with Crippen LogP contribution in [0.4, 0.5) is 4.39 Å². The largest absolute Gasteiger partial charge is 0.357 e. The Morgan fingerprint density at radius 1 is 1.25 bits per heavy atom. The zero-order chi connectivity index (χ0) is 18.5. The number of rotatable bonds is 7. The van der Waals surface area contributed by atoms with Gasteiger partial charge in [0.2, 0.25) is 21.8 Å². The molecule has 0 saturated carbocycles. The average Bonchev–Trinajstić information content (AvgIpc) is 2.51. The number of carbonyl (C=O) groups is 2. The van der Waals surface area contributed by atoms with Crippen molar-refractivity contribution in [1.82, 2.24) is 14.5 Å². The highest BCUT2D eigenvalue weighted by Crippen LogP contribution is 2.11. The van der Waals surface area contributed by atoms with Crippen molar-refractivity contribution in [2.45, 2.75) is 19.5 Å². The number of amides is 2. The minimum absolute atomic E-state index is 0.0608. The Bertz CT molecular complexity index is 691. The Morgan fingerprint density at radius 3 is 2.25 bits per heavy atom. The summed E-state index contributed by atoms with van der Waals surface area (Å²) in [6.45, 7) is 1.22. The third kappa shape index (κ3) is 5.57. The topological polar surface area (TPSA) is 86.8 Å². The lowest BCUT2D eigenvalue weighted by Crippen LogP contribution is -2.50. The van der Waals surface area contributed by atoms with E-state index in [0.29, 0.717) is 5.56 Å². The monoisotopic (exact) mass is 359 g/mol. The van der Waals surface area contributed by atoms with Crippen molar-refractivity contribution in [3.63, 3.8) is 0 Å². The fraction of sp³-hybridized carbons (Fsp3) is 0.467. The van der Waals surface area contributed by atoms with E-state index in [1.807, 2.05) is 0 Å². The van der Waals surface area contributed by atoms with Crippen LogP contribution in [0.25, 0.3) is 0 Å². The molecule has 0 saturated heterocycles. The van der Waals surface area contributed by atoms with Gasteiger partial charge in [-0.25, -0.2) is 12.8 Å². The molecule has 0 aliphatic heterocycles. The standard InChI is InChI=1S/C15H22FN3O4S/c1-11(15(21)17-2)19(9-12-5-7-13(16)8-6-12)14(20)10-18(3)24(4,22)23/h5-8,11H,9-10H2,1-4H3,(H,17,21). The number of nitrogens with one attached hydrogen (secondary N) is 1. The second kappa shape index (κ2) is 8.20. The Hall–Kier alpha value is -2.00. The van der Waals surface area contributed by atoms with Crippen LogP contribution < -0.4 is 5.32 Å². The molecule has 9 heteroatoms. The van der Waals surface area contributed by atoms with Gasteiger partial charge in [0.05, 0.1) is 12.8 Å². The van der Waals surface area contributed by atoms with Crippen molar-refractivity contribution in [3.8, 4) is 0 Å². The number of halogens is 1. The van der Waals surface area contributed by atoms with Gasteiger partial charge in [-0.1, -0.05) is 12.1 Å². The van der Waals surface area contributed by atoms with E-state index in [-0.39, 0.29) is 19.0 Å². The van der Waals surface area contributed by atoms with Crippen LogP contribution in [0.2, 0.25) is 0 Å². The molecule has 24 heavy (non-hydrogen) atoms. The lowest BCUT2D eigenvalue weighted by Gasteiger charge is -2.29. The summed E-state index contributed by atoms with van der Waals surface area (Å²) >= 11 is 0. The van der Waals surface area contributed by atoms with E-state index < -0.39 is 27.8 Å². The van der Waals surface area contributed by atoms with Crippen LogP contribution in [0.5, 0.6) is 0 Å². The van der Waals surface area contributed by atoms with Gasteiger partial charge in [0, 0.05) is 20.6 Å². The number of likely N-dealkylation sites (N-methyl/N-ethyl adjacent to an activating group) is 2. The quantitative estimate of drug-likeness (QED) is 0.752. The zero-order valence-corrected chi connectivity index (χ0v) is 14.9. The summed E-state index contributed by atoms with van der Waals surface area (Å²) in [5.74, 6) is -1.32. The van der Waals surface area contributed by atoms with Gasteiger partial charge in [-0.15, -0.1) is 0 Å². The van der Waals surface area contributed by atoms with E-state index in [1.54, 1.807) is 6.92 Å². The molecule has 1 unspecified atom stereocenters. The molecule has 1 N–H and O–H groups in total. The van der Waals surface area contributed by atoms with Gasteiger partial charge in [-0.05, 0) is 24.6 Å². The van der Waals surface area contributed by atoms with Gasteiger partial charge in [0.1, 0.15) is 11.9 Å². The van der Waals surface area contributed by atoms with Crippen molar-refractivity contribution >= 4 is 21.8 Å². The first-order chi connectivity index (χ1) is 11.1. The lowest BCUT2D eigenvalue weighted by atomic mass is 10.1. The molecule has 0 radical (unpaired) electrons. The molecule has 7 nitrogen and oxygen atoms in total. The Morgan fingerprint density at radius 2 is 1.79 bits per heavy atom. The highest BCUT2D eigenvalue weighted by molar-refractivity contribution is 7.88. The first-order valence-electron chi connectivity index (χ1n) is 7.23. The van der Waals surface area contributed by atoms with E-state index >= 15 is 0 Å². The molecule has 0 heterocycles. The number of carbonyl (C=O) groups excluding carboxylic acids is 2. The van der Waals surface area contributed by atoms with Crippen LogP contribution in [0.1, 0.15) is 12.5 Å². The van der Waals surface area contributed by atoms with E-state index in [2.05, 4.69) is 5.32 Å². The first-order valence-corrected chi connectivity index (χ1v) is 9.08. The molecule has 0 aromatic heterocycles. The summed E-state index contributed by atoms with van der Waals surface area (Å²) in [6.07, 6.45) is 0.993. The maximum Gasteiger partial charge on any atom is 0.242 e. The molecule has 0 spiro atoms. The number of hydrogen-bond acceptors (Lipinski definition) is 4. The molecule has 1 atom stereocenters. The van der Waals surface area contributed by atoms with Crippen LogP contribution in [0, 0.1) is 5.82 Å². The summed E-state index contributed by atoms with van der Waals surface area (Å²) in [7, 11) is -0.794. The van der Waals surface area contributed by atoms with Crippen molar-refractivity contribution in [3.05, 3.63) is 35.6 Å². The van der Waals surface area contributed by atoms with Crippen molar-refractivity contribution in [2.24, 2.45) is 0 Å². The summed E-state index contributed by atoms with van der Waals surface area (Å²) < 4.78 is 36.9. The molecule has 0 aliphatic rings. The van der Waals surface area contributed by atoms with Crippen molar-refractivity contribution in [1.29, 1.82) is 0 Å². The van der Waals surface area contributed by atoms with Gasteiger partial charge >= 0.3 is 0 Å². The summed E-state index contributed by atoms with van der Waals surface area (Å²) in [6, 6.07) is 4.72. The molecule has 0 bridgehead atoms. The molecule has 0 fully saturated rings. The SMILES string of the molecule is CNC(=O)C(C)N(Cc1ccc(F)cc1)C(=O)CN(C)S(C)(=O)=O. The fourth-order valence-corrected chi connectivity index (χ4v) is 2.32. The van der Waals surface area contributed by atoms with Crippen LogP contribution >= 0.6 is 0 Å². The molecule has 1 aromatic rings. The lowest BCUT2D eigenvalue weighted by molar-refractivity contribution is -0.140. The molecule has 2 amide bonds. The van der Waals surface area contributed by atoms with E-state index in [1.165, 1.54) is 43.3 Å². The second-order valence-corrected chi connectivity index (χ2v) is 7.55. The van der Waals surface area contributed by atoms with Crippen LogP contribution in [-0.2, 0) is 26.2 Å². The van der Waals surface area contributed by atoms with Crippen LogP contribution in [0.3, 0.4) is 0 Å². The number of sulfonamides is 1. The highest BCUT2D eigenvalue weighted by atomic mass is 32.2. The zero-order valence-electron chi connectivity index (χ0n) is 14.1. The maximum atomic E-state index is 13.0. The van der Waals surface area contributed by atoms with Crippen LogP contribution in [-0.4, -0.2) is 62.4 Å². The maximum absolute atomic E-state index is 13.0. The number of benzene rings is 1. The van der Waals surface area contributed by atoms with Crippen molar-refractivity contribution < 1.29 is 22.4 Å². The molecule has 0 aliphatic carbocycles. The minimum Gasteiger partial charge on any atom is -0.357 e. The van der Waals surface area contributed by atoms with Gasteiger partial charge in [-0.2, -0.15) is 4.31 Å². The van der Waals surface area contributed by atoms with Gasteiger partial charge < -0.3 is 10.2 Å². The molecular weight excluding hydrogens is 337 g/mol.